The van der Waals surface area contributed by atoms with Crippen molar-refractivity contribution in [1.82, 2.24) is 14.4 Å². The van der Waals surface area contributed by atoms with E-state index in [0.717, 1.165) is 12.1 Å². The topological polar surface area (TPSA) is 58.7 Å². The molecule has 4 rings (SSSR count). The maximum absolute atomic E-state index is 12.9. The minimum atomic E-state index is -0.120. The van der Waals surface area contributed by atoms with Crippen molar-refractivity contribution in [3.8, 4) is 5.69 Å². The van der Waals surface area contributed by atoms with E-state index < -0.39 is 0 Å². The molecule has 2 aromatic heterocycles. The largest absolute Gasteiger partial charge is 0.459 e. The molecule has 0 atom stereocenters. The Morgan fingerprint density at radius 3 is 2.07 bits per heavy atom. The molecule has 1 aliphatic rings. The molecule has 0 aliphatic carbocycles. The molecule has 0 N–H and O–H groups in total. The maximum Gasteiger partial charge on any atom is 0.289 e. The van der Waals surface area contributed by atoms with Crippen molar-refractivity contribution < 1.29 is 14.0 Å². The number of amides is 2. The quantitative estimate of drug-likeness (QED) is 0.719. The standard InChI is InChI=1S/C21H21N3O3/c25-20(17-6-8-18(9-7-17)22-10-1-2-11-22)23-12-4-13-24(15-14-23)21(26)19-5-3-16-27-19/h1-3,5-11,16H,4,12-15H2. The van der Waals surface area contributed by atoms with Crippen LogP contribution in [0.15, 0.2) is 71.6 Å². The van der Waals surface area contributed by atoms with Gasteiger partial charge < -0.3 is 18.8 Å². The lowest BCUT2D eigenvalue weighted by Crippen LogP contribution is -2.37. The summed E-state index contributed by atoms with van der Waals surface area (Å²) in [5, 5.41) is 0. The second kappa shape index (κ2) is 7.53. The highest BCUT2D eigenvalue weighted by atomic mass is 16.3. The molecule has 6 nitrogen and oxygen atoms in total. The first-order valence-corrected chi connectivity index (χ1v) is 9.08. The molecule has 0 unspecified atom stereocenters. The zero-order valence-corrected chi connectivity index (χ0v) is 15.0. The van der Waals surface area contributed by atoms with Gasteiger partial charge in [0.2, 0.25) is 0 Å². The van der Waals surface area contributed by atoms with Gasteiger partial charge >= 0.3 is 0 Å². The lowest BCUT2D eigenvalue weighted by atomic mass is 10.1. The first-order chi connectivity index (χ1) is 13.2. The molecule has 3 heterocycles. The van der Waals surface area contributed by atoms with Gasteiger partial charge in [0, 0.05) is 49.8 Å². The average molecular weight is 363 g/mol. The highest BCUT2D eigenvalue weighted by Gasteiger charge is 2.24. The molecule has 1 fully saturated rings. The van der Waals surface area contributed by atoms with Gasteiger partial charge in [-0.3, -0.25) is 9.59 Å². The SMILES string of the molecule is O=C(c1ccc(-n2cccc2)cc1)N1CCCN(C(=O)c2ccco2)CC1. The Morgan fingerprint density at radius 2 is 1.44 bits per heavy atom. The Bertz CT molecular complexity index is 899. The van der Waals surface area contributed by atoms with Gasteiger partial charge in [0.25, 0.3) is 11.8 Å². The van der Waals surface area contributed by atoms with E-state index in [1.165, 1.54) is 6.26 Å². The van der Waals surface area contributed by atoms with Crippen molar-refractivity contribution in [3.05, 3.63) is 78.5 Å². The van der Waals surface area contributed by atoms with Crippen LogP contribution in [0.5, 0.6) is 0 Å². The summed E-state index contributed by atoms with van der Waals surface area (Å²) >= 11 is 0. The smallest absolute Gasteiger partial charge is 0.289 e. The molecule has 1 saturated heterocycles. The number of furan rings is 1. The molecule has 3 aromatic rings. The molecule has 138 valence electrons. The molecule has 27 heavy (non-hydrogen) atoms. The van der Waals surface area contributed by atoms with Crippen molar-refractivity contribution in [3.63, 3.8) is 0 Å². The molecule has 0 saturated carbocycles. The minimum absolute atomic E-state index is 0.00125. The Hall–Kier alpha value is -3.28. The van der Waals surface area contributed by atoms with Crippen molar-refractivity contribution in [2.24, 2.45) is 0 Å². The zero-order chi connectivity index (χ0) is 18.6. The number of benzene rings is 1. The first kappa shape index (κ1) is 17.1. The number of rotatable bonds is 3. The average Bonchev–Trinajstić information content (AvgIpc) is 3.38. The molecule has 6 heteroatoms. The molecular weight excluding hydrogens is 342 g/mol. The molecule has 0 bridgehead atoms. The first-order valence-electron chi connectivity index (χ1n) is 9.08. The Kier molecular flexibility index (Phi) is 4.78. The number of hydrogen-bond donors (Lipinski definition) is 0. The van der Waals surface area contributed by atoms with Crippen molar-refractivity contribution in [2.45, 2.75) is 6.42 Å². The highest BCUT2D eigenvalue weighted by molar-refractivity contribution is 5.95. The summed E-state index contributed by atoms with van der Waals surface area (Å²) in [5.41, 5.74) is 1.68. The summed E-state index contributed by atoms with van der Waals surface area (Å²) in [6, 6.07) is 14.9. The van der Waals surface area contributed by atoms with E-state index in [1.807, 2.05) is 58.3 Å². The summed E-state index contributed by atoms with van der Waals surface area (Å²) < 4.78 is 7.20. The van der Waals surface area contributed by atoms with Crippen LogP contribution >= 0.6 is 0 Å². The van der Waals surface area contributed by atoms with Gasteiger partial charge in [-0.1, -0.05) is 0 Å². The summed E-state index contributed by atoms with van der Waals surface area (Å²) in [5.74, 6) is 0.224. The monoisotopic (exact) mass is 363 g/mol. The van der Waals surface area contributed by atoms with E-state index in [1.54, 1.807) is 17.0 Å². The number of hydrogen-bond acceptors (Lipinski definition) is 3. The van der Waals surface area contributed by atoms with E-state index in [0.29, 0.717) is 37.5 Å². The number of aromatic nitrogens is 1. The van der Waals surface area contributed by atoms with E-state index in [-0.39, 0.29) is 11.8 Å². The van der Waals surface area contributed by atoms with Crippen LogP contribution in [0.2, 0.25) is 0 Å². The highest BCUT2D eigenvalue weighted by Crippen LogP contribution is 2.15. The number of carbonyl (C=O) groups excluding carboxylic acids is 2. The summed E-state index contributed by atoms with van der Waals surface area (Å²) in [7, 11) is 0. The van der Waals surface area contributed by atoms with Crippen LogP contribution in [-0.4, -0.2) is 52.4 Å². The molecule has 0 spiro atoms. The second-order valence-electron chi connectivity index (χ2n) is 6.55. The fourth-order valence-electron chi connectivity index (χ4n) is 3.35. The van der Waals surface area contributed by atoms with Gasteiger partial charge in [0.1, 0.15) is 0 Å². The summed E-state index contributed by atoms with van der Waals surface area (Å²) in [6.45, 7) is 2.29. The Balaban J connectivity index is 1.41. The number of carbonyl (C=O) groups is 2. The van der Waals surface area contributed by atoms with Gasteiger partial charge in [-0.15, -0.1) is 0 Å². The van der Waals surface area contributed by atoms with Crippen LogP contribution in [0.4, 0.5) is 0 Å². The normalized spacial score (nSPS) is 14.8. The molecule has 2 amide bonds. The Labute approximate surface area is 157 Å². The van der Waals surface area contributed by atoms with E-state index >= 15 is 0 Å². The summed E-state index contributed by atoms with van der Waals surface area (Å²) in [6.07, 6.45) is 6.18. The lowest BCUT2D eigenvalue weighted by Gasteiger charge is -2.22. The molecule has 0 radical (unpaired) electrons. The van der Waals surface area contributed by atoms with Crippen LogP contribution in [0, 0.1) is 0 Å². The maximum atomic E-state index is 12.9. The van der Waals surface area contributed by atoms with Crippen LogP contribution in [-0.2, 0) is 0 Å². The van der Waals surface area contributed by atoms with Crippen molar-refractivity contribution >= 4 is 11.8 Å². The lowest BCUT2D eigenvalue weighted by molar-refractivity contribution is 0.0700. The van der Waals surface area contributed by atoms with E-state index in [9.17, 15) is 9.59 Å². The minimum Gasteiger partial charge on any atom is -0.459 e. The van der Waals surface area contributed by atoms with Crippen LogP contribution in [0.25, 0.3) is 5.69 Å². The van der Waals surface area contributed by atoms with Crippen LogP contribution < -0.4 is 0 Å². The second-order valence-corrected chi connectivity index (χ2v) is 6.55. The Morgan fingerprint density at radius 1 is 0.778 bits per heavy atom. The predicted molar refractivity (Wildman–Crippen MR) is 101 cm³/mol. The molecule has 1 aromatic carbocycles. The molecule has 1 aliphatic heterocycles. The fourth-order valence-corrected chi connectivity index (χ4v) is 3.35. The van der Waals surface area contributed by atoms with Crippen LogP contribution in [0.3, 0.4) is 0 Å². The van der Waals surface area contributed by atoms with E-state index in [4.69, 9.17) is 4.42 Å². The third kappa shape index (κ3) is 3.65. The third-order valence-electron chi connectivity index (χ3n) is 4.82. The number of nitrogens with zero attached hydrogens (tertiary/aromatic N) is 3. The van der Waals surface area contributed by atoms with E-state index in [2.05, 4.69) is 0 Å². The third-order valence-corrected chi connectivity index (χ3v) is 4.82. The predicted octanol–water partition coefficient (Wildman–Crippen LogP) is 3.06. The van der Waals surface area contributed by atoms with Gasteiger partial charge in [-0.2, -0.15) is 0 Å². The zero-order valence-electron chi connectivity index (χ0n) is 15.0. The van der Waals surface area contributed by atoms with Gasteiger partial charge in [0.05, 0.1) is 6.26 Å². The van der Waals surface area contributed by atoms with Gasteiger partial charge in [-0.25, -0.2) is 0 Å². The van der Waals surface area contributed by atoms with Crippen molar-refractivity contribution in [2.75, 3.05) is 26.2 Å². The van der Waals surface area contributed by atoms with Gasteiger partial charge in [-0.05, 0) is 55.0 Å². The van der Waals surface area contributed by atoms with Crippen molar-refractivity contribution in [1.29, 1.82) is 0 Å². The summed E-state index contributed by atoms with van der Waals surface area (Å²) in [4.78, 5) is 28.9. The van der Waals surface area contributed by atoms with Gasteiger partial charge in [0.15, 0.2) is 5.76 Å². The molecular formula is C21H21N3O3. The van der Waals surface area contributed by atoms with Crippen LogP contribution in [0.1, 0.15) is 27.3 Å². The fraction of sp³-hybridized carbons (Fsp3) is 0.238.